The van der Waals surface area contributed by atoms with Crippen LogP contribution < -0.4 is 4.74 Å². The van der Waals surface area contributed by atoms with E-state index in [1.807, 2.05) is 6.07 Å². The van der Waals surface area contributed by atoms with E-state index in [-0.39, 0.29) is 0 Å². The molecule has 1 aliphatic carbocycles. The van der Waals surface area contributed by atoms with Gasteiger partial charge in [-0.25, -0.2) is 0 Å². The second-order valence-electron chi connectivity index (χ2n) is 6.48. The van der Waals surface area contributed by atoms with Crippen LogP contribution in [0.3, 0.4) is 0 Å². The van der Waals surface area contributed by atoms with E-state index in [1.165, 1.54) is 31.2 Å². The molecule has 0 N–H and O–H groups in total. The quantitative estimate of drug-likeness (QED) is 0.516. The fraction of sp³-hybridized carbons (Fsp3) is 0.571. The summed E-state index contributed by atoms with van der Waals surface area (Å²) in [4.78, 5) is 0. The van der Waals surface area contributed by atoms with Gasteiger partial charge in [0.2, 0.25) is 0 Å². The third-order valence-electron chi connectivity index (χ3n) is 4.71. The lowest BCUT2D eigenvalue weighted by atomic mass is 9.80. The Labute approximate surface area is 140 Å². The normalized spacial score (nSPS) is 20.2. The van der Waals surface area contributed by atoms with Crippen LogP contribution in [0.4, 0.5) is 0 Å². The van der Waals surface area contributed by atoms with Crippen LogP contribution in [-0.2, 0) is 6.42 Å². The average molecular weight is 309 g/mol. The van der Waals surface area contributed by atoms with E-state index in [9.17, 15) is 0 Å². The van der Waals surface area contributed by atoms with Gasteiger partial charge in [-0.2, -0.15) is 5.26 Å². The molecule has 2 rings (SSSR count). The van der Waals surface area contributed by atoms with Gasteiger partial charge in [0.1, 0.15) is 5.75 Å². The highest BCUT2D eigenvalue weighted by atomic mass is 16.5. The maximum atomic E-state index is 8.51. The van der Waals surface area contributed by atoms with E-state index >= 15 is 0 Å². The van der Waals surface area contributed by atoms with Gasteiger partial charge in [0.05, 0.1) is 6.61 Å². The Bertz CT molecular complexity index is 550. The molecule has 2 heteroatoms. The largest absolute Gasteiger partial charge is 0.494 e. The Balaban J connectivity index is 1.69. The van der Waals surface area contributed by atoms with Crippen molar-refractivity contribution < 1.29 is 4.74 Å². The molecule has 1 fully saturated rings. The maximum absolute atomic E-state index is 8.51. The van der Waals surface area contributed by atoms with Gasteiger partial charge < -0.3 is 4.74 Å². The van der Waals surface area contributed by atoms with E-state index in [1.54, 1.807) is 0 Å². The van der Waals surface area contributed by atoms with Gasteiger partial charge in [0.25, 0.3) is 0 Å². The monoisotopic (exact) mass is 309 g/mol. The fourth-order valence-electron chi connectivity index (χ4n) is 3.19. The van der Waals surface area contributed by atoms with Crippen LogP contribution in [0.2, 0.25) is 0 Å². The van der Waals surface area contributed by atoms with Crippen LogP contribution >= 0.6 is 0 Å². The molecule has 2 nitrogen and oxygen atoms in total. The lowest BCUT2D eigenvalue weighted by Crippen LogP contribution is -2.14. The van der Waals surface area contributed by atoms with Crippen molar-refractivity contribution in [1.82, 2.24) is 0 Å². The molecule has 0 aromatic heterocycles. The summed E-state index contributed by atoms with van der Waals surface area (Å²) in [7, 11) is 0. The Morgan fingerprint density at radius 1 is 1.13 bits per heavy atom. The molecule has 0 bridgehead atoms. The van der Waals surface area contributed by atoms with Gasteiger partial charge in [-0.3, -0.25) is 0 Å². The number of nitriles is 1. The summed E-state index contributed by atoms with van der Waals surface area (Å²) in [5, 5.41) is 8.51. The Morgan fingerprint density at radius 2 is 1.87 bits per heavy atom. The zero-order valence-corrected chi connectivity index (χ0v) is 14.2. The molecule has 0 spiro atoms. The number of benzene rings is 1. The number of nitrogens with zero attached hydrogens (tertiary/aromatic N) is 1. The minimum absolute atomic E-state index is 0.449. The zero-order chi connectivity index (χ0) is 16.3. The van der Waals surface area contributed by atoms with Crippen LogP contribution in [0.1, 0.15) is 57.4 Å². The Morgan fingerprint density at radius 3 is 2.52 bits per heavy atom. The highest BCUT2D eigenvalue weighted by Gasteiger charge is 2.19. The van der Waals surface area contributed by atoms with E-state index in [4.69, 9.17) is 10.00 Å². The van der Waals surface area contributed by atoms with Gasteiger partial charge in [-0.1, -0.05) is 31.4 Å². The summed E-state index contributed by atoms with van der Waals surface area (Å²) < 4.78 is 5.70. The average Bonchev–Trinajstić information content (AvgIpc) is 2.60. The van der Waals surface area contributed by atoms with Gasteiger partial charge in [-0.15, -0.1) is 0 Å². The number of hydrogen-bond acceptors (Lipinski definition) is 2. The van der Waals surface area contributed by atoms with Crippen molar-refractivity contribution >= 4 is 0 Å². The predicted octanol–water partition coefficient (Wildman–Crippen LogP) is 5.13. The van der Waals surface area contributed by atoms with Crippen LogP contribution in [0.25, 0.3) is 0 Å². The Kier molecular flexibility index (Phi) is 7.55. The van der Waals surface area contributed by atoms with E-state index in [2.05, 4.69) is 43.0 Å². The second kappa shape index (κ2) is 9.96. The lowest BCUT2D eigenvalue weighted by molar-refractivity contribution is 0.301. The standard InChI is InChI=1S/C21H27NO/c1-2-3-17-23-21-14-12-20(13-15-21)11-10-19-8-6-18(7-9-19)5-4-16-22/h12-15,18-19H,2-3,6-11,17H2,1H3. The highest BCUT2D eigenvalue weighted by molar-refractivity contribution is 5.27. The van der Waals surface area contributed by atoms with Gasteiger partial charge >= 0.3 is 0 Å². The lowest BCUT2D eigenvalue weighted by Gasteiger charge is -2.25. The smallest absolute Gasteiger partial charge is 0.152 e. The molecule has 0 heterocycles. The molecular formula is C21H27NO. The van der Waals surface area contributed by atoms with Crippen LogP contribution in [0.15, 0.2) is 24.3 Å². The van der Waals surface area contributed by atoms with E-state index < -0.39 is 0 Å². The van der Waals surface area contributed by atoms with Crippen molar-refractivity contribution in [3.8, 4) is 23.7 Å². The molecule has 1 aliphatic rings. The molecule has 0 saturated heterocycles. The molecule has 0 amide bonds. The molecular weight excluding hydrogens is 282 g/mol. The first-order valence-corrected chi connectivity index (χ1v) is 8.93. The van der Waals surface area contributed by atoms with Crippen LogP contribution in [0.5, 0.6) is 5.75 Å². The topological polar surface area (TPSA) is 33.0 Å². The molecule has 1 aromatic rings. The number of rotatable bonds is 7. The third kappa shape index (κ3) is 6.37. The molecule has 23 heavy (non-hydrogen) atoms. The van der Waals surface area contributed by atoms with Crippen molar-refractivity contribution in [2.75, 3.05) is 6.61 Å². The minimum Gasteiger partial charge on any atom is -0.494 e. The summed E-state index contributed by atoms with van der Waals surface area (Å²) in [6.07, 6.45) is 9.51. The first-order valence-electron chi connectivity index (χ1n) is 8.93. The van der Waals surface area contributed by atoms with Gasteiger partial charge in [-0.05, 0) is 68.6 Å². The highest BCUT2D eigenvalue weighted by Crippen LogP contribution is 2.31. The molecule has 1 aromatic carbocycles. The van der Waals surface area contributed by atoms with Gasteiger partial charge in [0.15, 0.2) is 6.07 Å². The van der Waals surface area contributed by atoms with Crippen molar-refractivity contribution in [3.05, 3.63) is 29.8 Å². The summed E-state index contributed by atoms with van der Waals surface area (Å²) in [5.74, 6) is 7.88. The molecule has 122 valence electrons. The third-order valence-corrected chi connectivity index (χ3v) is 4.71. The van der Waals surface area contributed by atoms with Gasteiger partial charge in [0, 0.05) is 11.8 Å². The number of unbranched alkanes of at least 4 members (excludes halogenated alkanes) is 1. The van der Waals surface area contributed by atoms with Crippen molar-refractivity contribution in [2.24, 2.45) is 11.8 Å². The maximum Gasteiger partial charge on any atom is 0.152 e. The number of aryl methyl sites for hydroxylation is 1. The summed E-state index contributed by atoms with van der Waals surface area (Å²) in [5.41, 5.74) is 1.40. The van der Waals surface area contributed by atoms with Crippen molar-refractivity contribution in [1.29, 1.82) is 5.26 Å². The first-order chi connectivity index (χ1) is 11.3. The first kappa shape index (κ1) is 17.4. The zero-order valence-electron chi connectivity index (χ0n) is 14.2. The molecule has 0 unspecified atom stereocenters. The van der Waals surface area contributed by atoms with Crippen molar-refractivity contribution in [3.63, 3.8) is 0 Å². The summed E-state index contributed by atoms with van der Waals surface area (Å²) >= 11 is 0. The fourth-order valence-corrected chi connectivity index (χ4v) is 3.19. The SMILES string of the molecule is CCCCOc1ccc(CCC2CCC(C#CC#N)CC2)cc1. The molecule has 0 aliphatic heterocycles. The second-order valence-corrected chi connectivity index (χ2v) is 6.48. The summed E-state index contributed by atoms with van der Waals surface area (Å²) in [6, 6.07) is 10.5. The number of ether oxygens (including phenoxy) is 1. The minimum atomic E-state index is 0.449. The summed E-state index contributed by atoms with van der Waals surface area (Å²) in [6.45, 7) is 2.99. The Hall–Kier alpha value is -1.93. The van der Waals surface area contributed by atoms with E-state index in [0.29, 0.717) is 5.92 Å². The predicted molar refractivity (Wildman–Crippen MR) is 94.0 cm³/mol. The molecule has 0 radical (unpaired) electrons. The van der Waals surface area contributed by atoms with E-state index in [0.717, 1.165) is 44.0 Å². The van der Waals surface area contributed by atoms with Crippen molar-refractivity contribution in [2.45, 2.75) is 58.3 Å². The molecule has 0 atom stereocenters. The van der Waals surface area contributed by atoms with Crippen LogP contribution in [-0.4, -0.2) is 6.61 Å². The molecule has 1 saturated carbocycles. The number of hydrogen-bond donors (Lipinski definition) is 0. The van der Waals surface area contributed by atoms with Crippen LogP contribution in [0, 0.1) is 35.0 Å².